The summed E-state index contributed by atoms with van der Waals surface area (Å²) in [5, 5.41) is 0. The molecule has 3 aromatic rings. The largest absolute Gasteiger partial charge is 0.485 e. The summed E-state index contributed by atoms with van der Waals surface area (Å²) >= 11 is 0. The fourth-order valence-corrected chi connectivity index (χ4v) is 5.15. The Morgan fingerprint density at radius 1 is 0.972 bits per heavy atom. The average Bonchev–Trinajstić information content (AvgIpc) is 2.95. The molecule has 186 valence electrons. The molecule has 2 amide bonds. The summed E-state index contributed by atoms with van der Waals surface area (Å²) in [6, 6.07) is 23.1. The fraction of sp³-hybridized carbons (Fsp3) is 0.345. The summed E-state index contributed by atoms with van der Waals surface area (Å²) in [6.07, 6.45) is 3.39. The summed E-state index contributed by atoms with van der Waals surface area (Å²) in [5.74, 6) is 1.41. The van der Waals surface area contributed by atoms with Crippen molar-refractivity contribution in [2.24, 2.45) is 5.92 Å². The molecule has 0 unspecified atom stereocenters. The van der Waals surface area contributed by atoms with Gasteiger partial charge in [-0.05, 0) is 55.0 Å². The standard InChI is InChI=1S/C29H31N3O4/c1-31(28(33)23-11-7-8-16-30-23)24(19-21-9-3-2-4-10-21)22-14-17-32(18-15-22)29(34)27-20-35-25-12-5-6-13-26(25)36-27/h2-13,16,22,24,27H,14-15,17-20H2,1H3/t24-,27+/m0/s1. The van der Waals surface area contributed by atoms with E-state index in [0.717, 1.165) is 19.3 Å². The maximum absolute atomic E-state index is 13.3. The van der Waals surface area contributed by atoms with Crippen molar-refractivity contribution in [2.45, 2.75) is 31.4 Å². The zero-order chi connectivity index (χ0) is 24.9. The zero-order valence-electron chi connectivity index (χ0n) is 20.5. The summed E-state index contributed by atoms with van der Waals surface area (Å²) in [6.45, 7) is 1.47. The van der Waals surface area contributed by atoms with Gasteiger partial charge in [-0.25, -0.2) is 0 Å². The number of likely N-dealkylation sites (tertiary alicyclic amines) is 1. The van der Waals surface area contributed by atoms with Crippen molar-refractivity contribution in [3.05, 3.63) is 90.3 Å². The van der Waals surface area contributed by atoms with Crippen LogP contribution in [0.15, 0.2) is 79.0 Å². The Morgan fingerprint density at radius 3 is 2.39 bits per heavy atom. The number of benzene rings is 2. The number of carbonyl (C=O) groups excluding carboxylic acids is 2. The van der Waals surface area contributed by atoms with Crippen LogP contribution in [0.4, 0.5) is 0 Å². The number of hydrogen-bond acceptors (Lipinski definition) is 5. The van der Waals surface area contributed by atoms with Gasteiger partial charge < -0.3 is 19.3 Å². The van der Waals surface area contributed by atoms with Gasteiger partial charge in [0.25, 0.3) is 11.8 Å². The van der Waals surface area contributed by atoms with E-state index >= 15 is 0 Å². The lowest BCUT2D eigenvalue weighted by Crippen LogP contribution is -2.52. The Morgan fingerprint density at radius 2 is 1.67 bits per heavy atom. The van der Waals surface area contributed by atoms with Crippen molar-refractivity contribution in [2.75, 3.05) is 26.7 Å². The summed E-state index contributed by atoms with van der Waals surface area (Å²) in [4.78, 5) is 34.5. The number of hydrogen-bond donors (Lipinski definition) is 0. The highest BCUT2D eigenvalue weighted by Crippen LogP contribution is 2.32. The molecule has 2 atom stereocenters. The molecule has 1 fully saturated rings. The highest BCUT2D eigenvalue weighted by molar-refractivity contribution is 5.92. The van der Waals surface area contributed by atoms with Gasteiger partial charge >= 0.3 is 0 Å². The van der Waals surface area contributed by atoms with E-state index in [1.54, 1.807) is 12.3 Å². The number of rotatable bonds is 6. The Balaban J connectivity index is 1.26. The molecular weight excluding hydrogens is 454 g/mol. The second-order valence-electron chi connectivity index (χ2n) is 9.42. The number of nitrogens with zero attached hydrogens (tertiary/aromatic N) is 3. The van der Waals surface area contributed by atoms with Gasteiger partial charge in [0.05, 0.1) is 0 Å². The Bertz CT molecular complexity index is 1180. The minimum Gasteiger partial charge on any atom is -0.485 e. The third-order valence-corrected chi connectivity index (χ3v) is 7.17. The van der Waals surface area contributed by atoms with Crippen LogP contribution in [0.1, 0.15) is 28.9 Å². The lowest BCUT2D eigenvalue weighted by Gasteiger charge is -2.41. The minimum absolute atomic E-state index is 0.000277. The Labute approximate surface area is 211 Å². The normalized spacial score (nSPS) is 18.4. The molecule has 0 aliphatic carbocycles. The van der Waals surface area contributed by atoms with Crippen LogP contribution in [-0.4, -0.2) is 65.5 Å². The highest BCUT2D eigenvalue weighted by atomic mass is 16.6. The van der Waals surface area contributed by atoms with Crippen molar-refractivity contribution >= 4 is 11.8 Å². The molecule has 1 saturated heterocycles. The van der Waals surface area contributed by atoms with Crippen LogP contribution in [0, 0.1) is 5.92 Å². The first kappa shape index (κ1) is 23.9. The SMILES string of the molecule is CN(C(=O)c1ccccn1)[C@@H](Cc1ccccc1)C1CCN(C(=O)[C@H]2COc3ccccc3O2)CC1. The van der Waals surface area contributed by atoms with Crippen molar-refractivity contribution in [1.82, 2.24) is 14.8 Å². The van der Waals surface area contributed by atoms with E-state index in [9.17, 15) is 9.59 Å². The molecule has 5 rings (SSSR count). The molecule has 7 heteroatoms. The molecular formula is C29H31N3O4. The molecule has 2 aromatic carbocycles. The first-order chi connectivity index (χ1) is 17.6. The fourth-order valence-electron chi connectivity index (χ4n) is 5.15. The monoisotopic (exact) mass is 485 g/mol. The summed E-state index contributed by atoms with van der Waals surface area (Å²) in [7, 11) is 1.87. The minimum atomic E-state index is -0.634. The predicted octanol–water partition coefficient (Wildman–Crippen LogP) is 3.84. The van der Waals surface area contributed by atoms with Gasteiger partial charge in [-0.1, -0.05) is 48.5 Å². The average molecular weight is 486 g/mol. The molecule has 2 aliphatic rings. The van der Waals surface area contributed by atoms with E-state index in [2.05, 4.69) is 17.1 Å². The topological polar surface area (TPSA) is 72.0 Å². The first-order valence-electron chi connectivity index (χ1n) is 12.5. The summed E-state index contributed by atoms with van der Waals surface area (Å²) < 4.78 is 11.7. The van der Waals surface area contributed by atoms with Gasteiger partial charge in [0.2, 0.25) is 6.10 Å². The van der Waals surface area contributed by atoms with Gasteiger partial charge in [-0.15, -0.1) is 0 Å². The molecule has 0 radical (unpaired) electrons. The number of ether oxygens (including phenoxy) is 2. The van der Waals surface area contributed by atoms with Gasteiger partial charge in [0.15, 0.2) is 11.5 Å². The Hall–Kier alpha value is -3.87. The molecule has 0 spiro atoms. The molecule has 0 saturated carbocycles. The van der Waals surface area contributed by atoms with Gasteiger partial charge in [-0.3, -0.25) is 14.6 Å². The summed E-state index contributed by atoms with van der Waals surface area (Å²) in [5.41, 5.74) is 1.63. The number of fused-ring (bicyclic) bond motifs is 1. The third-order valence-electron chi connectivity index (χ3n) is 7.17. The van der Waals surface area contributed by atoms with Gasteiger partial charge in [0, 0.05) is 32.4 Å². The third kappa shape index (κ3) is 5.20. The van der Waals surface area contributed by atoms with Gasteiger partial charge in [-0.2, -0.15) is 0 Å². The van der Waals surface area contributed by atoms with Crippen LogP contribution in [0.5, 0.6) is 11.5 Å². The van der Waals surface area contributed by atoms with Crippen LogP contribution in [0.25, 0.3) is 0 Å². The molecule has 1 aromatic heterocycles. The van der Waals surface area contributed by atoms with E-state index in [1.165, 1.54) is 5.56 Å². The molecule has 0 bridgehead atoms. The van der Waals surface area contributed by atoms with Crippen LogP contribution < -0.4 is 9.47 Å². The number of pyridine rings is 1. The van der Waals surface area contributed by atoms with E-state index < -0.39 is 6.10 Å². The first-order valence-corrected chi connectivity index (χ1v) is 12.5. The van der Waals surface area contributed by atoms with Crippen LogP contribution >= 0.6 is 0 Å². The molecule has 2 aliphatic heterocycles. The van der Waals surface area contributed by atoms with Crippen LogP contribution in [-0.2, 0) is 11.2 Å². The quantitative estimate of drug-likeness (QED) is 0.531. The second kappa shape index (κ2) is 10.8. The Kier molecular flexibility index (Phi) is 7.16. The van der Waals surface area contributed by atoms with Crippen molar-refractivity contribution in [1.29, 1.82) is 0 Å². The highest BCUT2D eigenvalue weighted by Gasteiger charge is 2.36. The number of para-hydroxylation sites is 2. The van der Waals surface area contributed by atoms with Crippen LogP contribution in [0.3, 0.4) is 0 Å². The molecule has 3 heterocycles. The van der Waals surface area contributed by atoms with E-state index in [4.69, 9.17) is 9.47 Å². The maximum atomic E-state index is 13.3. The maximum Gasteiger partial charge on any atom is 0.272 e. The number of carbonyl (C=O) groups is 2. The van der Waals surface area contributed by atoms with E-state index in [-0.39, 0.29) is 30.4 Å². The lowest BCUT2D eigenvalue weighted by molar-refractivity contribution is -0.142. The van der Waals surface area contributed by atoms with E-state index in [1.807, 2.05) is 71.4 Å². The number of piperidine rings is 1. The lowest BCUT2D eigenvalue weighted by atomic mass is 9.84. The van der Waals surface area contributed by atoms with E-state index in [0.29, 0.717) is 30.3 Å². The van der Waals surface area contributed by atoms with Crippen molar-refractivity contribution in [3.8, 4) is 11.5 Å². The van der Waals surface area contributed by atoms with Gasteiger partial charge in [0.1, 0.15) is 12.3 Å². The molecule has 0 N–H and O–H groups in total. The number of amides is 2. The number of likely N-dealkylation sites (N-methyl/N-ethyl adjacent to an activating group) is 1. The van der Waals surface area contributed by atoms with Crippen LogP contribution in [0.2, 0.25) is 0 Å². The van der Waals surface area contributed by atoms with Crippen molar-refractivity contribution in [3.63, 3.8) is 0 Å². The number of aromatic nitrogens is 1. The zero-order valence-corrected chi connectivity index (χ0v) is 20.5. The molecule has 7 nitrogen and oxygen atoms in total. The molecule has 36 heavy (non-hydrogen) atoms. The predicted molar refractivity (Wildman–Crippen MR) is 136 cm³/mol. The smallest absolute Gasteiger partial charge is 0.272 e. The second-order valence-corrected chi connectivity index (χ2v) is 9.42. The van der Waals surface area contributed by atoms with Crippen molar-refractivity contribution < 1.29 is 19.1 Å².